The van der Waals surface area contributed by atoms with Crippen molar-refractivity contribution >= 4 is 5.97 Å². The van der Waals surface area contributed by atoms with Crippen LogP contribution in [0, 0.1) is 0 Å². The van der Waals surface area contributed by atoms with Gasteiger partial charge in [-0.25, -0.2) is 13.6 Å². The molecule has 2 rings (SSSR count). The van der Waals surface area contributed by atoms with Gasteiger partial charge in [-0.1, -0.05) is 30.3 Å². The van der Waals surface area contributed by atoms with Crippen molar-refractivity contribution in [3.05, 3.63) is 59.2 Å². The molecule has 0 aromatic heterocycles. The van der Waals surface area contributed by atoms with Crippen molar-refractivity contribution in [2.24, 2.45) is 0 Å². The van der Waals surface area contributed by atoms with Gasteiger partial charge in [0, 0.05) is 5.56 Å². The van der Waals surface area contributed by atoms with Crippen LogP contribution in [-0.2, 0) is 6.61 Å². The number of benzene rings is 2. The molecule has 0 bridgehead atoms. The summed E-state index contributed by atoms with van der Waals surface area (Å²) in [5.41, 5.74) is -0.285. The smallest absolute Gasteiger partial charge is 0.343 e. The second-order valence-corrected chi connectivity index (χ2v) is 4.29. The van der Waals surface area contributed by atoms with E-state index in [9.17, 15) is 18.7 Å². The molecule has 110 valence electrons. The number of aromatic hydroxyl groups is 1. The lowest BCUT2D eigenvalue weighted by Crippen LogP contribution is -2.05. The third-order valence-electron chi connectivity index (χ3n) is 2.81. The summed E-state index contributed by atoms with van der Waals surface area (Å²) in [5.74, 6) is -2.48. The van der Waals surface area contributed by atoms with E-state index in [0.29, 0.717) is 0 Å². The maximum Gasteiger partial charge on any atom is 0.343 e. The highest BCUT2D eigenvalue weighted by atomic mass is 19.3. The second kappa shape index (κ2) is 6.21. The van der Waals surface area contributed by atoms with E-state index < -0.39 is 29.3 Å². The molecule has 0 aliphatic carbocycles. The number of aromatic carboxylic acids is 1. The number of rotatable bonds is 5. The number of carboxylic acid groups (broad SMARTS) is 1. The molecule has 2 N–H and O–H groups in total. The molecule has 4 nitrogen and oxygen atoms in total. The molecule has 0 spiro atoms. The number of alkyl halides is 2. The molecular formula is C15H12F2O4. The van der Waals surface area contributed by atoms with E-state index in [0.717, 1.165) is 17.7 Å². The first-order valence-electron chi connectivity index (χ1n) is 6.04. The van der Waals surface area contributed by atoms with Crippen LogP contribution in [0.15, 0.2) is 42.5 Å². The van der Waals surface area contributed by atoms with Gasteiger partial charge in [0.15, 0.2) is 0 Å². The molecule has 0 aliphatic heterocycles. The van der Waals surface area contributed by atoms with Gasteiger partial charge in [-0.05, 0) is 17.7 Å². The maximum atomic E-state index is 12.7. The summed E-state index contributed by atoms with van der Waals surface area (Å²) in [6, 6.07) is 10.5. The molecule has 0 saturated carbocycles. The van der Waals surface area contributed by atoms with Gasteiger partial charge in [-0.15, -0.1) is 0 Å². The van der Waals surface area contributed by atoms with Gasteiger partial charge in [-0.2, -0.15) is 0 Å². The third-order valence-corrected chi connectivity index (χ3v) is 2.81. The maximum absolute atomic E-state index is 12.7. The molecule has 0 fully saturated rings. The van der Waals surface area contributed by atoms with E-state index in [1.54, 1.807) is 30.3 Å². The highest BCUT2D eigenvalue weighted by Gasteiger charge is 2.21. The Morgan fingerprint density at radius 3 is 2.43 bits per heavy atom. The lowest BCUT2D eigenvalue weighted by atomic mass is 10.1. The van der Waals surface area contributed by atoms with Crippen LogP contribution in [0.1, 0.15) is 27.9 Å². The van der Waals surface area contributed by atoms with E-state index in [-0.39, 0.29) is 12.4 Å². The Bertz CT molecular complexity index is 642. The first-order valence-corrected chi connectivity index (χ1v) is 6.04. The zero-order valence-corrected chi connectivity index (χ0v) is 10.8. The number of halogens is 2. The van der Waals surface area contributed by atoms with Crippen LogP contribution in [0.5, 0.6) is 11.5 Å². The minimum absolute atomic E-state index is 0.00719. The SMILES string of the molecule is O=C(O)c1c(O)cc(C(F)F)cc1OCc1ccccc1. The van der Waals surface area contributed by atoms with Crippen molar-refractivity contribution in [2.45, 2.75) is 13.0 Å². The van der Waals surface area contributed by atoms with Crippen LogP contribution in [-0.4, -0.2) is 16.2 Å². The van der Waals surface area contributed by atoms with E-state index in [1.807, 2.05) is 0 Å². The summed E-state index contributed by atoms with van der Waals surface area (Å²) in [5, 5.41) is 18.6. The molecule has 0 radical (unpaired) electrons. The summed E-state index contributed by atoms with van der Waals surface area (Å²) in [6.45, 7) is 0.00719. The molecule has 0 aliphatic rings. The average molecular weight is 294 g/mol. The van der Waals surface area contributed by atoms with Crippen molar-refractivity contribution in [1.29, 1.82) is 0 Å². The Hall–Kier alpha value is -2.63. The molecule has 0 saturated heterocycles. The number of carbonyl (C=O) groups is 1. The largest absolute Gasteiger partial charge is 0.507 e. The van der Waals surface area contributed by atoms with Crippen LogP contribution in [0.2, 0.25) is 0 Å². The number of hydrogen-bond acceptors (Lipinski definition) is 3. The molecule has 0 amide bonds. The molecule has 0 heterocycles. The lowest BCUT2D eigenvalue weighted by Gasteiger charge is -2.12. The number of phenols is 1. The Kier molecular flexibility index (Phi) is 4.37. The first-order chi connectivity index (χ1) is 9.99. The van der Waals surface area contributed by atoms with E-state index in [1.165, 1.54) is 0 Å². The fourth-order valence-corrected chi connectivity index (χ4v) is 1.81. The third kappa shape index (κ3) is 3.47. The van der Waals surface area contributed by atoms with Crippen LogP contribution in [0.3, 0.4) is 0 Å². The summed E-state index contributed by atoms with van der Waals surface area (Å²) < 4.78 is 30.7. The first kappa shape index (κ1) is 14.8. The molecule has 2 aromatic carbocycles. The summed E-state index contributed by atoms with van der Waals surface area (Å²) >= 11 is 0. The van der Waals surface area contributed by atoms with Gasteiger partial charge in [0.2, 0.25) is 0 Å². The predicted molar refractivity (Wildman–Crippen MR) is 70.8 cm³/mol. The Labute approximate surface area is 119 Å². The molecule has 0 unspecified atom stereocenters. The Balaban J connectivity index is 2.33. The lowest BCUT2D eigenvalue weighted by molar-refractivity contribution is 0.0687. The minimum Gasteiger partial charge on any atom is -0.507 e. The van der Waals surface area contributed by atoms with Gasteiger partial charge in [-0.3, -0.25) is 0 Å². The van der Waals surface area contributed by atoms with Crippen LogP contribution in [0.25, 0.3) is 0 Å². The number of carboxylic acids is 1. The molecule has 0 atom stereocenters. The predicted octanol–water partition coefficient (Wildman–Crippen LogP) is 3.61. The molecule has 2 aromatic rings. The van der Waals surface area contributed by atoms with Crippen molar-refractivity contribution < 1.29 is 28.5 Å². The normalized spacial score (nSPS) is 10.6. The highest BCUT2D eigenvalue weighted by Crippen LogP contribution is 2.34. The zero-order chi connectivity index (χ0) is 15.4. The number of ether oxygens (including phenoxy) is 1. The summed E-state index contributed by atoms with van der Waals surface area (Å²) in [6.07, 6.45) is -2.84. The zero-order valence-electron chi connectivity index (χ0n) is 10.8. The van der Waals surface area contributed by atoms with Gasteiger partial charge in [0.1, 0.15) is 23.7 Å². The molecular weight excluding hydrogens is 282 g/mol. The van der Waals surface area contributed by atoms with Gasteiger partial charge >= 0.3 is 5.97 Å². The summed E-state index contributed by atoms with van der Waals surface area (Å²) in [7, 11) is 0. The van der Waals surface area contributed by atoms with Crippen molar-refractivity contribution in [2.75, 3.05) is 0 Å². The second-order valence-electron chi connectivity index (χ2n) is 4.29. The number of hydrogen-bond donors (Lipinski definition) is 2. The van der Waals surface area contributed by atoms with Gasteiger partial charge in [0.25, 0.3) is 6.43 Å². The Morgan fingerprint density at radius 1 is 1.19 bits per heavy atom. The standard InChI is InChI=1S/C15H12F2O4/c16-14(17)10-6-11(18)13(15(19)20)12(7-10)21-8-9-4-2-1-3-5-9/h1-7,14,18H,8H2,(H,19,20). The fraction of sp³-hybridized carbons (Fsp3) is 0.133. The van der Waals surface area contributed by atoms with Gasteiger partial charge in [0.05, 0.1) is 0 Å². The highest BCUT2D eigenvalue weighted by molar-refractivity contribution is 5.94. The summed E-state index contributed by atoms with van der Waals surface area (Å²) in [4.78, 5) is 11.1. The van der Waals surface area contributed by atoms with Crippen LogP contribution >= 0.6 is 0 Å². The molecule has 6 heteroatoms. The quantitative estimate of drug-likeness (QED) is 0.884. The van der Waals surface area contributed by atoms with E-state index in [4.69, 9.17) is 9.84 Å². The molecule has 21 heavy (non-hydrogen) atoms. The van der Waals surface area contributed by atoms with Crippen molar-refractivity contribution in [3.63, 3.8) is 0 Å². The fourth-order valence-electron chi connectivity index (χ4n) is 1.81. The van der Waals surface area contributed by atoms with E-state index >= 15 is 0 Å². The van der Waals surface area contributed by atoms with Crippen LogP contribution < -0.4 is 4.74 Å². The topological polar surface area (TPSA) is 66.8 Å². The van der Waals surface area contributed by atoms with Crippen molar-refractivity contribution in [1.82, 2.24) is 0 Å². The van der Waals surface area contributed by atoms with Crippen LogP contribution in [0.4, 0.5) is 8.78 Å². The minimum atomic E-state index is -2.84. The Morgan fingerprint density at radius 2 is 1.86 bits per heavy atom. The van der Waals surface area contributed by atoms with Gasteiger partial charge < -0.3 is 14.9 Å². The van der Waals surface area contributed by atoms with Crippen molar-refractivity contribution in [3.8, 4) is 11.5 Å². The average Bonchev–Trinajstić information content (AvgIpc) is 2.45. The monoisotopic (exact) mass is 294 g/mol. The van der Waals surface area contributed by atoms with E-state index in [2.05, 4.69) is 0 Å².